The summed E-state index contributed by atoms with van der Waals surface area (Å²) in [4.78, 5) is 11.1. The maximum Gasteiger partial charge on any atom is 0.307 e. The lowest BCUT2D eigenvalue weighted by Gasteiger charge is -2.18. The molecule has 4 heteroatoms. The number of aryl methyl sites for hydroxylation is 2. The molecule has 2 atom stereocenters. The largest absolute Gasteiger partial charge is 0.481 e. The third-order valence-electron chi connectivity index (χ3n) is 4.80. The molecule has 2 unspecified atom stereocenters. The minimum Gasteiger partial charge on any atom is -0.481 e. The van der Waals surface area contributed by atoms with Crippen LogP contribution in [0.3, 0.4) is 0 Å². The van der Waals surface area contributed by atoms with Gasteiger partial charge in [-0.15, -0.1) is 0 Å². The first-order valence-corrected chi connectivity index (χ1v) is 7.91. The van der Waals surface area contributed by atoms with Gasteiger partial charge in [-0.05, 0) is 65.2 Å². The van der Waals surface area contributed by atoms with E-state index in [4.69, 9.17) is 5.11 Å². The van der Waals surface area contributed by atoms with Crippen molar-refractivity contribution in [3.63, 3.8) is 0 Å². The minimum absolute atomic E-state index is 0.176. The molecule has 0 bridgehead atoms. The summed E-state index contributed by atoms with van der Waals surface area (Å²) in [5, 5.41) is 10.4. The Morgan fingerprint density at radius 1 is 1.45 bits per heavy atom. The van der Waals surface area contributed by atoms with E-state index in [0.29, 0.717) is 0 Å². The Labute approximate surface area is 125 Å². The van der Waals surface area contributed by atoms with E-state index in [-0.39, 0.29) is 11.8 Å². The van der Waals surface area contributed by atoms with Gasteiger partial charge in [0.15, 0.2) is 0 Å². The summed E-state index contributed by atoms with van der Waals surface area (Å²) < 4.78 is 3.56. The highest BCUT2D eigenvalue weighted by molar-refractivity contribution is 9.10. The molecule has 104 valence electrons. The average Bonchev–Trinajstić information content (AvgIpc) is 3.20. The number of aliphatic carboxylic acids is 1. The van der Waals surface area contributed by atoms with E-state index in [2.05, 4.69) is 39.6 Å². The molecule has 1 fully saturated rings. The third-order valence-corrected chi connectivity index (χ3v) is 5.80. The topological polar surface area (TPSA) is 42.2 Å². The summed E-state index contributed by atoms with van der Waals surface area (Å²) in [5.74, 6) is -0.618. The number of carboxylic acids is 1. The van der Waals surface area contributed by atoms with Crippen LogP contribution in [0.25, 0.3) is 10.9 Å². The molecule has 0 amide bonds. The van der Waals surface area contributed by atoms with E-state index in [9.17, 15) is 4.79 Å². The standard InChI is InChI=1S/C16H16BrNO2/c1-8-14(17)13-6-10(11-7-12(11)16(19)20)5-9-3-2-4-18(8)15(9)13/h5-6,11-12H,2-4,7H2,1H3,(H,19,20). The summed E-state index contributed by atoms with van der Waals surface area (Å²) in [7, 11) is 0. The molecule has 1 aromatic carbocycles. The van der Waals surface area contributed by atoms with Crippen molar-refractivity contribution in [1.82, 2.24) is 4.57 Å². The highest BCUT2D eigenvalue weighted by atomic mass is 79.9. The lowest BCUT2D eigenvalue weighted by molar-refractivity contribution is -0.138. The van der Waals surface area contributed by atoms with Gasteiger partial charge in [-0.1, -0.05) is 6.07 Å². The van der Waals surface area contributed by atoms with E-state index in [1.54, 1.807) is 0 Å². The molecule has 1 saturated carbocycles. The first-order chi connectivity index (χ1) is 9.58. The Balaban J connectivity index is 1.91. The lowest BCUT2D eigenvalue weighted by atomic mass is 9.98. The summed E-state index contributed by atoms with van der Waals surface area (Å²) in [5.41, 5.74) is 5.22. The van der Waals surface area contributed by atoms with Gasteiger partial charge < -0.3 is 9.67 Å². The van der Waals surface area contributed by atoms with Crippen molar-refractivity contribution in [2.45, 2.75) is 38.6 Å². The number of nitrogens with zero attached hydrogens (tertiary/aromatic N) is 1. The number of carbonyl (C=O) groups is 1. The van der Waals surface area contributed by atoms with Crippen molar-refractivity contribution in [1.29, 1.82) is 0 Å². The van der Waals surface area contributed by atoms with Crippen LogP contribution in [0.15, 0.2) is 16.6 Å². The highest BCUT2D eigenvalue weighted by Crippen LogP contribution is 2.49. The van der Waals surface area contributed by atoms with Gasteiger partial charge in [0, 0.05) is 22.1 Å². The summed E-state index contributed by atoms with van der Waals surface area (Å²) in [6.07, 6.45) is 3.06. The number of hydrogen-bond acceptors (Lipinski definition) is 1. The van der Waals surface area contributed by atoms with Gasteiger partial charge in [-0.25, -0.2) is 0 Å². The van der Waals surface area contributed by atoms with Gasteiger partial charge in [0.25, 0.3) is 0 Å². The van der Waals surface area contributed by atoms with Crippen LogP contribution in [0.1, 0.15) is 35.6 Å². The van der Waals surface area contributed by atoms with Crippen molar-refractivity contribution >= 4 is 32.8 Å². The first-order valence-electron chi connectivity index (χ1n) is 7.12. The van der Waals surface area contributed by atoms with E-state index in [1.807, 2.05) is 0 Å². The number of rotatable bonds is 2. The number of carboxylic acid groups (broad SMARTS) is 1. The Kier molecular flexibility index (Phi) is 2.56. The van der Waals surface area contributed by atoms with Crippen LogP contribution in [0.4, 0.5) is 0 Å². The third kappa shape index (κ3) is 1.60. The number of halogens is 1. The second-order valence-electron chi connectivity index (χ2n) is 6.02. The normalized spacial score (nSPS) is 24.1. The maximum absolute atomic E-state index is 11.1. The average molecular weight is 334 g/mol. The maximum atomic E-state index is 11.1. The van der Waals surface area contributed by atoms with Crippen LogP contribution in [0.5, 0.6) is 0 Å². The molecule has 0 saturated heterocycles. The van der Waals surface area contributed by atoms with Crippen LogP contribution >= 0.6 is 15.9 Å². The summed E-state index contributed by atoms with van der Waals surface area (Å²) >= 11 is 3.71. The zero-order valence-electron chi connectivity index (χ0n) is 11.3. The molecule has 20 heavy (non-hydrogen) atoms. The molecule has 0 spiro atoms. The molecule has 2 heterocycles. The molecule has 2 aromatic rings. The Morgan fingerprint density at radius 3 is 2.95 bits per heavy atom. The van der Waals surface area contributed by atoms with Gasteiger partial charge in [-0.2, -0.15) is 0 Å². The fourth-order valence-electron chi connectivity index (χ4n) is 3.63. The van der Waals surface area contributed by atoms with Crippen molar-refractivity contribution < 1.29 is 9.90 Å². The van der Waals surface area contributed by atoms with Crippen LogP contribution in [0.2, 0.25) is 0 Å². The van der Waals surface area contributed by atoms with Crippen molar-refractivity contribution in [2.24, 2.45) is 5.92 Å². The molecule has 4 rings (SSSR count). The van der Waals surface area contributed by atoms with Gasteiger partial charge >= 0.3 is 5.97 Å². The molecular formula is C16H16BrNO2. The number of hydrogen-bond donors (Lipinski definition) is 1. The van der Waals surface area contributed by atoms with Crippen LogP contribution < -0.4 is 0 Å². The van der Waals surface area contributed by atoms with Gasteiger partial charge in [0.1, 0.15) is 0 Å². The Bertz CT molecular complexity index is 747. The Morgan fingerprint density at radius 2 is 2.25 bits per heavy atom. The van der Waals surface area contributed by atoms with Gasteiger partial charge in [-0.3, -0.25) is 4.79 Å². The second kappa shape index (κ2) is 4.10. The highest BCUT2D eigenvalue weighted by Gasteiger charge is 2.44. The SMILES string of the molecule is Cc1c(Br)c2cc(C3CC3C(=O)O)cc3c2n1CCC3. The lowest BCUT2D eigenvalue weighted by Crippen LogP contribution is -2.09. The Hall–Kier alpha value is -1.29. The van der Waals surface area contributed by atoms with Crippen molar-refractivity contribution in [3.05, 3.63) is 33.4 Å². The van der Waals surface area contributed by atoms with E-state index in [1.165, 1.54) is 38.6 Å². The molecule has 1 N–H and O–H groups in total. The zero-order chi connectivity index (χ0) is 14.0. The molecule has 1 aliphatic heterocycles. The van der Waals surface area contributed by atoms with E-state index < -0.39 is 5.97 Å². The number of benzene rings is 1. The zero-order valence-corrected chi connectivity index (χ0v) is 12.9. The molecule has 1 aliphatic carbocycles. The predicted molar refractivity (Wildman–Crippen MR) is 81.2 cm³/mol. The van der Waals surface area contributed by atoms with Gasteiger partial charge in [0.2, 0.25) is 0 Å². The van der Waals surface area contributed by atoms with Gasteiger partial charge in [0.05, 0.1) is 11.4 Å². The van der Waals surface area contributed by atoms with Crippen LogP contribution in [-0.2, 0) is 17.8 Å². The monoisotopic (exact) mass is 333 g/mol. The molecule has 2 aliphatic rings. The number of aromatic nitrogens is 1. The van der Waals surface area contributed by atoms with E-state index in [0.717, 1.165) is 19.4 Å². The summed E-state index contributed by atoms with van der Waals surface area (Å²) in [6, 6.07) is 4.45. The molecule has 0 radical (unpaired) electrons. The summed E-state index contributed by atoms with van der Waals surface area (Å²) in [6.45, 7) is 3.23. The quantitative estimate of drug-likeness (QED) is 0.907. The minimum atomic E-state index is -0.656. The van der Waals surface area contributed by atoms with Crippen LogP contribution in [0, 0.1) is 12.8 Å². The molecule has 3 nitrogen and oxygen atoms in total. The fourth-order valence-corrected chi connectivity index (χ4v) is 4.15. The second-order valence-corrected chi connectivity index (χ2v) is 6.81. The fraction of sp³-hybridized carbons (Fsp3) is 0.438. The van der Waals surface area contributed by atoms with Crippen molar-refractivity contribution in [3.8, 4) is 0 Å². The first kappa shape index (κ1) is 12.5. The van der Waals surface area contributed by atoms with E-state index >= 15 is 0 Å². The molecule has 1 aromatic heterocycles. The van der Waals surface area contributed by atoms with Crippen molar-refractivity contribution in [2.75, 3.05) is 0 Å². The predicted octanol–water partition coefficient (Wildman–Crippen LogP) is 3.85. The van der Waals surface area contributed by atoms with Crippen LogP contribution in [-0.4, -0.2) is 15.6 Å². The smallest absolute Gasteiger partial charge is 0.307 e. The molecular weight excluding hydrogens is 318 g/mol.